The van der Waals surface area contributed by atoms with Crippen molar-refractivity contribution in [2.75, 3.05) is 30.6 Å². The first-order chi connectivity index (χ1) is 13.4. The van der Waals surface area contributed by atoms with Gasteiger partial charge in [-0.1, -0.05) is 57.5 Å². The second kappa shape index (κ2) is 17.4. The standard InChI is InChI=1S/C11H14O.C7H10N2.C2H6S.2C2H6/c1-9-3-5-10(6-4-9)11(12)7-2-8-11;1-9-7-4-2-6(8)3-5-7;1-3-2;2*1-2/h3-6,12H,2,7-8H2,1H3;2-5,9H,8H2,1H3;1-2H3;2*1-2H3. The number of nitrogens with two attached hydrogens (primary N) is 1. The number of benzene rings is 2. The summed E-state index contributed by atoms with van der Waals surface area (Å²) in [5, 5.41) is 13.0. The van der Waals surface area contributed by atoms with Crippen molar-refractivity contribution in [1.82, 2.24) is 0 Å². The van der Waals surface area contributed by atoms with Gasteiger partial charge in [-0.2, -0.15) is 11.8 Å². The fourth-order valence-corrected chi connectivity index (χ4v) is 2.31. The number of aryl methyl sites for hydroxylation is 1. The fourth-order valence-electron chi connectivity index (χ4n) is 2.31. The van der Waals surface area contributed by atoms with Crippen molar-refractivity contribution >= 4 is 23.1 Å². The van der Waals surface area contributed by atoms with Crippen LogP contribution < -0.4 is 11.1 Å². The minimum absolute atomic E-state index is 0.492. The maximum atomic E-state index is 9.97. The van der Waals surface area contributed by atoms with Gasteiger partial charge in [-0.25, -0.2) is 0 Å². The predicted molar refractivity (Wildman–Crippen MR) is 131 cm³/mol. The first kappa shape index (κ1) is 28.6. The Morgan fingerprint density at radius 2 is 1.32 bits per heavy atom. The van der Waals surface area contributed by atoms with E-state index < -0.39 is 5.60 Å². The summed E-state index contributed by atoms with van der Waals surface area (Å²) in [6, 6.07) is 15.8. The van der Waals surface area contributed by atoms with Crippen LogP contribution in [0.4, 0.5) is 11.4 Å². The van der Waals surface area contributed by atoms with E-state index in [9.17, 15) is 5.11 Å². The molecule has 0 unspecified atom stereocenters. The largest absolute Gasteiger partial charge is 0.399 e. The Bertz CT molecular complexity index is 579. The molecule has 1 saturated carbocycles. The minimum Gasteiger partial charge on any atom is -0.399 e. The number of hydrogen-bond donors (Lipinski definition) is 3. The van der Waals surface area contributed by atoms with Crippen molar-refractivity contribution in [3.05, 3.63) is 59.7 Å². The average molecular weight is 407 g/mol. The van der Waals surface area contributed by atoms with Crippen molar-refractivity contribution in [3.8, 4) is 0 Å². The number of aliphatic hydroxyl groups is 1. The van der Waals surface area contributed by atoms with E-state index in [0.29, 0.717) is 0 Å². The van der Waals surface area contributed by atoms with Gasteiger partial charge in [0.25, 0.3) is 0 Å². The highest BCUT2D eigenvalue weighted by Crippen LogP contribution is 2.40. The molecule has 3 nitrogen and oxygen atoms in total. The van der Waals surface area contributed by atoms with Crippen LogP contribution in [-0.2, 0) is 5.60 Å². The molecule has 0 radical (unpaired) electrons. The van der Waals surface area contributed by atoms with Crippen molar-refractivity contribution in [2.24, 2.45) is 0 Å². The van der Waals surface area contributed by atoms with Crippen LogP contribution in [0.5, 0.6) is 0 Å². The number of anilines is 2. The molecule has 2 aromatic carbocycles. The Morgan fingerprint density at radius 3 is 1.64 bits per heavy atom. The van der Waals surface area contributed by atoms with E-state index in [2.05, 4.69) is 24.4 Å². The molecule has 1 aliphatic rings. The Hall–Kier alpha value is -1.65. The topological polar surface area (TPSA) is 58.3 Å². The van der Waals surface area contributed by atoms with Crippen molar-refractivity contribution in [1.29, 1.82) is 0 Å². The zero-order chi connectivity index (χ0) is 22.0. The van der Waals surface area contributed by atoms with Crippen LogP contribution in [0.25, 0.3) is 0 Å². The number of nitrogens with one attached hydrogen (secondary N) is 1. The molecule has 28 heavy (non-hydrogen) atoms. The third-order valence-electron chi connectivity index (χ3n) is 3.97. The smallest absolute Gasteiger partial charge is 0.0896 e. The number of rotatable bonds is 2. The highest BCUT2D eigenvalue weighted by atomic mass is 32.2. The lowest BCUT2D eigenvalue weighted by molar-refractivity contribution is -0.0387. The summed E-state index contributed by atoms with van der Waals surface area (Å²) in [5.74, 6) is 0. The zero-order valence-corrected chi connectivity index (χ0v) is 20.0. The molecule has 2 aromatic rings. The Kier molecular flexibility index (Phi) is 17.8. The van der Waals surface area contributed by atoms with Crippen molar-refractivity contribution < 1.29 is 5.11 Å². The number of hydrogen-bond acceptors (Lipinski definition) is 4. The van der Waals surface area contributed by atoms with Crippen LogP contribution in [0.1, 0.15) is 58.1 Å². The first-order valence-electron chi connectivity index (χ1n) is 10.2. The van der Waals surface area contributed by atoms with E-state index in [1.165, 1.54) is 5.56 Å². The first-order valence-corrected chi connectivity index (χ1v) is 11.8. The molecule has 0 heterocycles. The van der Waals surface area contributed by atoms with Gasteiger partial charge in [0.15, 0.2) is 0 Å². The van der Waals surface area contributed by atoms with Gasteiger partial charge < -0.3 is 16.2 Å². The summed E-state index contributed by atoms with van der Waals surface area (Å²) in [6.45, 7) is 10.1. The Morgan fingerprint density at radius 1 is 0.893 bits per heavy atom. The second-order valence-corrected chi connectivity index (χ2v) is 6.85. The molecule has 0 spiro atoms. The zero-order valence-electron chi connectivity index (χ0n) is 19.2. The molecule has 0 aromatic heterocycles. The third-order valence-corrected chi connectivity index (χ3v) is 3.97. The average Bonchev–Trinajstić information content (AvgIpc) is 2.71. The maximum absolute atomic E-state index is 9.97. The molecular formula is C24H42N2OS. The van der Waals surface area contributed by atoms with Gasteiger partial charge >= 0.3 is 0 Å². The van der Waals surface area contributed by atoms with Crippen LogP contribution in [0.2, 0.25) is 0 Å². The van der Waals surface area contributed by atoms with E-state index in [1.54, 1.807) is 11.8 Å². The fraction of sp³-hybridized carbons (Fsp3) is 0.500. The lowest BCUT2D eigenvalue weighted by Crippen LogP contribution is -2.33. The molecule has 1 fully saturated rings. The summed E-state index contributed by atoms with van der Waals surface area (Å²) in [6.07, 6.45) is 7.09. The van der Waals surface area contributed by atoms with Crippen molar-refractivity contribution in [3.63, 3.8) is 0 Å². The second-order valence-electron chi connectivity index (χ2n) is 6.03. The maximum Gasteiger partial charge on any atom is 0.0896 e. The Labute approximate surface area is 178 Å². The van der Waals surface area contributed by atoms with Gasteiger partial charge in [-0.05, 0) is 68.5 Å². The van der Waals surface area contributed by atoms with E-state index in [0.717, 1.165) is 36.2 Å². The lowest BCUT2D eigenvalue weighted by Gasteiger charge is -2.37. The van der Waals surface area contributed by atoms with E-state index in [1.807, 2.05) is 83.7 Å². The van der Waals surface area contributed by atoms with Crippen LogP contribution in [0.3, 0.4) is 0 Å². The molecule has 0 aliphatic heterocycles. The molecule has 4 heteroatoms. The van der Waals surface area contributed by atoms with Gasteiger partial charge in [0.05, 0.1) is 5.60 Å². The molecule has 0 amide bonds. The quantitative estimate of drug-likeness (QED) is 0.485. The molecular weight excluding hydrogens is 364 g/mol. The molecule has 4 N–H and O–H groups in total. The van der Waals surface area contributed by atoms with Crippen LogP contribution in [0.15, 0.2) is 48.5 Å². The van der Waals surface area contributed by atoms with E-state index >= 15 is 0 Å². The number of nitrogen functional groups attached to an aromatic ring is 1. The predicted octanol–water partition coefficient (Wildman–Crippen LogP) is 6.71. The van der Waals surface area contributed by atoms with E-state index in [-0.39, 0.29) is 0 Å². The van der Waals surface area contributed by atoms with Crippen LogP contribution >= 0.6 is 11.8 Å². The number of thioether (sulfide) groups is 1. The van der Waals surface area contributed by atoms with Crippen LogP contribution in [-0.4, -0.2) is 24.7 Å². The summed E-state index contributed by atoms with van der Waals surface area (Å²) in [4.78, 5) is 0. The van der Waals surface area contributed by atoms with Gasteiger partial charge in [0.2, 0.25) is 0 Å². The summed E-state index contributed by atoms with van der Waals surface area (Å²) >= 11 is 1.75. The highest BCUT2D eigenvalue weighted by molar-refractivity contribution is 7.97. The summed E-state index contributed by atoms with van der Waals surface area (Å²) in [5.41, 5.74) is 9.18. The summed E-state index contributed by atoms with van der Waals surface area (Å²) in [7, 11) is 1.88. The van der Waals surface area contributed by atoms with E-state index in [4.69, 9.17) is 5.73 Å². The van der Waals surface area contributed by atoms with Crippen molar-refractivity contribution in [2.45, 2.75) is 59.5 Å². The molecule has 0 saturated heterocycles. The highest BCUT2D eigenvalue weighted by Gasteiger charge is 2.35. The Balaban J connectivity index is 0. The molecule has 3 rings (SSSR count). The van der Waals surface area contributed by atoms with Gasteiger partial charge in [0, 0.05) is 18.4 Å². The molecule has 1 aliphatic carbocycles. The minimum atomic E-state index is -0.492. The summed E-state index contributed by atoms with van der Waals surface area (Å²) < 4.78 is 0. The molecule has 0 bridgehead atoms. The molecule has 0 atom stereocenters. The van der Waals surface area contributed by atoms with Gasteiger partial charge in [-0.15, -0.1) is 0 Å². The lowest BCUT2D eigenvalue weighted by atomic mass is 9.75. The van der Waals surface area contributed by atoms with Gasteiger partial charge in [-0.3, -0.25) is 0 Å². The molecule has 160 valence electrons. The van der Waals surface area contributed by atoms with Gasteiger partial charge in [0.1, 0.15) is 0 Å². The third kappa shape index (κ3) is 11.3. The monoisotopic (exact) mass is 406 g/mol. The SMILES string of the molecule is CC.CC.CNc1ccc(N)cc1.CSC.Cc1ccc(C2(O)CCC2)cc1. The van der Waals surface area contributed by atoms with Crippen LogP contribution in [0, 0.1) is 6.92 Å². The normalized spacial score (nSPS) is 12.6.